The number of nitrogens with zero attached hydrogens (tertiary/aromatic N) is 2. The standard InChI is InChI=1S/C56H62Cl2FN9O6S/c1-31-47(75-30-63-31)33-15-13-32(14-16-33)28-62-50(71)42-27-36(60)29-68(42)52(73)48(54(2,3)4)66-43(69)12-9-25-61-49(70)34-17-20-37(21-18-34)64-51(72)46-44(38-10-8-11-40(58)45(38)59)56(55(67-46)23-6-5-7-24-55)39-22-19-35(57)26-41(39)65-53(56)74/h8,10-11,13-22,26,30,36,42,44,46,48,67H,5-7,9,12,23-25,27-29,60H2,1-4H3,(H,61,70)(H,62,71)(H,64,72)(H,65,74)(H,66,69)/t36-,42+,44+,46-,48-,56-/m1/s1. The van der Waals surface area contributed by atoms with Gasteiger partial charge in [-0.2, -0.15) is 0 Å². The number of thiazole rings is 1. The molecule has 4 heterocycles. The number of nitrogens with one attached hydrogen (secondary N) is 6. The Hall–Kier alpha value is -6.24. The molecule has 1 aliphatic carbocycles. The van der Waals surface area contributed by atoms with Crippen LogP contribution >= 0.6 is 34.5 Å². The van der Waals surface area contributed by atoms with Crippen molar-refractivity contribution in [3.05, 3.63) is 134 Å². The molecule has 15 nitrogen and oxygen atoms in total. The number of fused-ring (bicyclic) bond motifs is 3. The molecule has 19 heteroatoms. The molecule has 2 spiro atoms. The first-order chi connectivity index (χ1) is 35.8. The van der Waals surface area contributed by atoms with Crippen LogP contribution in [0.4, 0.5) is 15.8 Å². The minimum absolute atomic E-state index is 0.00867. The summed E-state index contributed by atoms with van der Waals surface area (Å²) in [5, 5.41) is 18.6. The molecule has 75 heavy (non-hydrogen) atoms. The molecule has 8 N–H and O–H groups in total. The topological polar surface area (TPSA) is 217 Å². The van der Waals surface area contributed by atoms with Crippen LogP contribution in [0.3, 0.4) is 0 Å². The quantitative estimate of drug-likeness (QED) is 0.0534. The fraction of sp³-hybridized carbons (Fsp3) is 0.411. The number of hydrogen-bond acceptors (Lipinski definition) is 10. The van der Waals surface area contributed by atoms with Crippen LogP contribution in [0.2, 0.25) is 10.0 Å². The van der Waals surface area contributed by atoms with E-state index in [1.54, 1.807) is 65.9 Å². The summed E-state index contributed by atoms with van der Waals surface area (Å²) < 4.78 is 16.3. The summed E-state index contributed by atoms with van der Waals surface area (Å²) in [4.78, 5) is 90.7. The van der Waals surface area contributed by atoms with Crippen molar-refractivity contribution in [1.82, 2.24) is 31.2 Å². The van der Waals surface area contributed by atoms with Crippen molar-refractivity contribution in [3.63, 3.8) is 0 Å². The zero-order valence-corrected chi connectivity index (χ0v) is 44.6. The number of halogens is 3. The van der Waals surface area contributed by atoms with E-state index < -0.39 is 75.9 Å². The summed E-state index contributed by atoms with van der Waals surface area (Å²) in [5.74, 6) is -4.08. The van der Waals surface area contributed by atoms with Crippen molar-refractivity contribution >= 4 is 81.4 Å². The summed E-state index contributed by atoms with van der Waals surface area (Å²) in [7, 11) is 0. The van der Waals surface area contributed by atoms with Crippen LogP contribution < -0.4 is 37.6 Å². The molecule has 5 aromatic rings. The number of carbonyl (C=O) groups excluding carboxylic acids is 6. The molecule has 3 fully saturated rings. The fourth-order valence-electron chi connectivity index (χ4n) is 11.8. The maximum atomic E-state index is 16.3. The summed E-state index contributed by atoms with van der Waals surface area (Å²) in [6.45, 7) is 8.07. The Morgan fingerprint density at radius 3 is 2.37 bits per heavy atom. The van der Waals surface area contributed by atoms with E-state index in [9.17, 15) is 28.8 Å². The molecule has 3 aliphatic heterocycles. The van der Waals surface area contributed by atoms with Gasteiger partial charge in [0.25, 0.3) is 5.91 Å². The van der Waals surface area contributed by atoms with Crippen molar-refractivity contribution in [2.45, 2.75) is 127 Å². The number of rotatable bonds is 14. The van der Waals surface area contributed by atoms with E-state index in [-0.39, 0.29) is 61.3 Å². The maximum Gasteiger partial charge on any atom is 0.251 e. The van der Waals surface area contributed by atoms with Gasteiger partial charge in [0.1, 0.15) is 23.3 Å². The molecule has 0 unspecified atom stereocenters. The lowest BCUT2D eigenvalue weighted by molar-refractivity contribution is -0.144. The molecule has 1 saturated carbocycles. The number of amides is 6. The normalized spacial score (nSPS) is 22.1. The molecule has 6 atom stereocenters. The van der Waals surface area contributed by atoms with Crippen LogP contribution in [-0.4, -0.2) is 88.1 Å². The highest BCUT2D eigenvalue weighted by Gasteiger charge is 2.72. The largest absolute Gasteiger partial charge is 0.352 e. The first kappa shape index (κ1) is 53.6. The van der Waals surface area contributed by atoms with Gasteiger partial charge in [0.05, 0.1) is 27.1 Å². The number of hydrogen-bond donors (Lipinski definition) is 7. The highest BCUT2D eigenvalue weighted by atomic mass is 35.5. The Kier molecular flexibility index (Phi) is 15.6. The monoisotopic (exact) mass is 1080 g/mol. The Morgan fingerprint density at radius 2 is 1.68 bits per heavy atom. The van der Waals surface area contributed by atoms with Gasteiger partial charge in [-0.15, -0.1) is 11.3 Å². The molecule has 4 aliphatic rings. The first-order valence-corrected chi connectivity index (χ1v) is 27.1. The highest BCUT2D eigenvalue weighted by Crippen LogP contribution is 2.63. The van der Waals surface area contributed by atoms with Crippen molar-refractivity contribution in [2.24, 2.45) is 11.1 Å². The second-order valence-electron chi connectivity index (χ2n) is 21.3. The molecular weight excluding hydrogens is 1020 g/mol. The molecule has 4 aromatic carbocycles. The van der Waals surface area contributed by atoms with Crippen LogP contribution in [-0.2, 0) is 35.9 Å². The number of aryl methyl sites for hydroxylation is 1. The summed E-state index contributed by atoms with van der Waals surface area (Å²) in [6.07, 6.45) is 4.24. The molecule has 2 saturated heterocycles. The van der Waals surface area contributed by atoms with Crippen molar-refractivity contribution in [2.75, 3.05) is 23.7 Å². The third kappa shape index (κ3) is 10.5. The Morgan fingerprint density at radius 1 is 0.947 bits per heavy atom. The molecule has 1 aromatic heterocycles. The third-order valence-electron chi connectivity index (χ3n) is 15.4. The number of nitrogens with two attached hydrogens (primary N) is 1. The van der Waals surface area contributed by atoms with E-state index in [4.69, 9.17) is 28.9 Å². The van der Waals surface area contributed by atoms with Crippen LogP contribution in [0.1, 0.15) is 111 Å². The van der Waals surface area contributed by atoms with Crippen molar-refractivity contribution < 1.29 is 33.2 Å². The molecule has 6 amide bonds. The van der Waals surface area contributed by atoms with Crippen LogP contribution in [0.5, 0.6) is 0 Å². The van der Waals surface area contributed by atoms with Crippen LogP contribution in [0, 0.1) is 18.2 Å². The Bertz CT molecular complexity index is 3020. The van der Waals surface area contributed by atoms with Gasteiger partial charge in [-0.3, -0.25) is 34.1 Å². The van der Waals surface area contributed by atoms with Crippen molar-refractivity contribution in [3.8, 4) is 10.4 Å². The minimum atomic E-state index is -1.39. The zero-order chi connectivity index (χ0) is 53.4. The smallest absolute Gasteiger partial charge is 0.251 e. The van der Waals surface area contributed by atoms with Gasteiger partial charge in [-0.25, -0.2) is 9.37 Å². The number of likely N-dealkylation sites (tertiary alicyclic amines) is 1. The van der Waals surface area contributed by atoms with E-state index in [1.165, 1.54) is 11.0 Å². The van der Waals surface area contributed by atoms with Gasteiger partial charge in [0.15, 0.2) is 0 Å². The number of benzene rings is 4. The zero-order valence-electron chi connectivity index (χ0n) is 42.3. The van der Waals surface area contributed by atoms with Crippen LogP contribution in [0.15, 0.2) is 90.4 Å². The van der Waals surface area contributed by atoms with Gasteiger partial charge in [0, 0.05) is 65.5 Å². The highest BCUT2D eigenvalue weighted by molar-refractivity contribution is 7.13. The lowest BCUT2D eigenvalue weighted by atomic mass is 9.55. The lowest BCUT2D eigenvalue weighted by Crippen LogP contribution is -2.60. The van der Waals surface area contributed by atoms with Crippen LogP contribution in [0.25, 0.3) is 10.4 Å². The average molecular weight is 1080 g/mol. The lowest BCUT2D eigenvalue weighted by Gasteiger charge is -2.47. The van der Waals surface area contributed by atoms with E-state index in [0.29, 0.717) is 40.4 Å². The van der Waals surface area contributed by atoms with Gasteiger partial charge in [0.2, 0.25) is 29.5 Å². The fourth-order valence-corrected chi connectivity index (χ4v) is 12.9. The molecular formula is C56H62Cl2FN9O6S. The van der Waals surface area contributed by atoms with E-state index in [1.807, 2.05) is 57.5 Å². The maximum absolute atomic E-state index is 16.3. The second-order valence-corrected chi connectivity index (χ2v) is 23.0. The van der Waals surface area contributed by atoms with Crippen molar-refractivity contribution in [1.29, 1.82) is 0 Å². The Labute approximate surface area is 449 Å². The number of carbonyl (C=O) groups is 6. The number of anilines is 2. The molecule has 0 radical (unpaired) electrons. The van der Waals surface area contributed by atoms with E-state index in [0.717, 1.165) is 41.0 Å². The SMILES string of the molecule is Cc1ncsc1-c1ccc(CNC(=O)[C@@H]2C[C@@H](N)CN2C(=O)[C@@H](NC(=O)CCCNC(=O)c2ccc(NC(=O)[C@@H]3NC4(CCCCC4)[C@@]4(C(=O)Nc5cc(Cl)ccc54)[C@H]3c3cccc(Cl)c3F)cc2)C(C)(C)C)cc1. The van der Waals surface area contributed by atoms with Gasteiger partial charge < -0.3 is 37.2 Å². The van der Waals surface area contributed by atoms with E-state index in [2.05, 4.69) is 36.9 Å². The minimum Gasteiger partial charge on any atom is -0.352 e. The molecule has 9 rings (SSSR count). The summed E-state index contributed by atoms with van der Waals surface area (Å²) >= 11 is 14.4. The second kappa shape index (κ2) is 21.8. The third-order valence-corrected chi connectivity index (χ3v) is 16.9. The van der Waals surface area contributed by atoms with Gasteiger partial charge >= 0.3 is 0 Å². The summed E-state index contributed by atoms with van der Waals surface area (Å²) in [6, 6.07) is 20.7. The summed E-state index contributed by atoms with van der Waals surface area (Å²) in [5.41, 5.74) is 9.99. The van der Waals surface area contributed by atoms with Gasteiger partial charge in [-0.05, 0) is 103 Å². The van der Waals surface area contributed by atoms with E-state index >= 15 is 4.39 Å². The molecule has 0 bridgehead atoms. The number of aromatic nitrogens is 1. The average Bonchev–Trinajstić information content (AvgIpc) is 4.27. The first-order valence-electron chi connectivity index (χ1n) is 25.5. The predicted molar refractivity (Wildman–Crippen MR) is 289 cm³/mol. The Balaban J connectivity index is 0.801. The molecule has 394 valence electrons. The predicted octanol–water partition coefficient (Wildman–Crippen LogP) is 8.14. The van der Waals surface area contributed by atoms with Gasteiger partial charge in [-0.1, -0.05) is 106 Å².